The summed E-state index contributed by atoms with van der Waals surface area (Å²) in [4.78, 5) is 4.43. The normalized spacial score (nSPS) is 11.0. The molecule has 0 spiro atoms. The number of ether oxygens (including phenoxy) is 1. The number of benzene rings is 1. The third kappa shape index (κ3) is 3.09. The highest BCUT2D eigenvalue weighted by atomic mass is 79.9. The largest absolute Gasteiger partial charge is 0.492 e. The van der Waals surface area contributed by atoms with Crippen LogP contribution in [0.2, 0.25) is 0 Å². The first-order chi connectivity index (χ1) is 10.3. The molecular formula is C16H16BrN3O. The van der Waals surface area contributed by atoms with Gasteiger partial charge in [-0.05, 0) is 42.0 Å². The van der Waals surface area contributed by atoms with E-state index in [4.69, 9.17) is 10.5 Å². The van der Waals surface area contributed by atoms with E-state index in [2.05, 4.69) is 37.7 Å². The third-order valence-electron chi connectivity index (χ3n) is 3.35. The maximum absolute atomic E-state index is 5.79. The molecule has 0 aliphatic heterocycles. The molecule has 2 heterocycles. The lowest BCUT2D eigenvalue weighted by molar-refractivity contribution is 0.300. The fraction of sp³-hybridized carbons (Fsp3) is 0.188. The van der Waals surface area contributed by atoms with Gasteiger partial charge in [-0.3, -0.25) is 0 Å². The minimum Gasteiger partial charge on any atom is -0.492 e. The summed E-state index contributed by atoms with van der Waals surface area (Å²) in [5, 5.41) is 1.11. The molecule has 0 saturated heterocycles. The van der Waals surface area contributed by atoms with E-state index < -0.39 is 0 Å². The van der Waals surface area contributed by atoms with Gasteiger partial charge in [0.25, 0.3) is 0 Å². The Morgan fingerprint density at radius 2 is 2.00 bits per heavy atom. The number of halogens is 1. The van der Waals surface area contributed by atoms with Crippen LogP contribution in [-0.2, 0) is 13.1 Å². The zero-order valence-electron chi connectivity index (χ0n) is 11.5. The van der Waals surface area contributed by atoms with Gasteiger partial charge in [0.1, 0.15) is 18.0 Å². The van der Waals surface area contributed by atoms with Crippen LogP contribution in [0.25, 0.3) is 11.0 Å². The summed E-state index contributed by atoms with van der Waals surface area (Å²) in [6.07, 6.45) is 3.86. The van der Waals surface area contributed by atoms with Crippen LogP contribution in [0.1, 0.15) is 5.56 Å². The molecule has 21 heavy (non-hydrogen) atoms. The summed E-state index contributed by atoms with van der Waals surface area (Å²) in [6.45, 7) is 1.85. The van der Waals surface area contributed by atoms with E-state index in [-0.39, 0.29) is 0 Å². The lowest BCUT2D eigenvalue weighted by atomic mass is 10.2. The van der Waals surface area contributed by atoms with Gasteiger partial charge >= 0.3 is 0 Å². The zero-order chi connectivity index (χ0) is 14.7. The first kappa shape index (κ1) is 14.1. The van der Waals surface area contributed by atoms with Gasteiger partial charge in [-0.1, -0.05) is 15.9 Å². The van der Waals surface area contributed by atoms with Crippen molar-refractivity contribution in [1.82, 2.24) is 9.55 Å². The Kier molecular flexibility index (Phi) is 4.22. The number of fused-ring (bicyclic) bond motifs is 1. The first-order valence-corrected chi connectivity index (χ1v) is 7.58. The maximum atomic E-state index is 5.79. The number of nitrogens with zero attached hydrogens (tertiary/aromatic N) is 2. The van der Waals surface area contributed by atoms with Gasteiger partial charge in [0.15, 0.2) is 0 Å². The highest BCUT2D eigenvalue weighted by molar-refractivity contribution is 9.10. The van der Waals surface area contributed by atoms with Crippen molar-refractivity contribution in [2.24, 2.45) is 5.73 Å². The molecule has 0 bridgehead atoms. The second-order valence-corrected chi connectivity index (χ2v) is 5.64. The van der Waals surface area contributed by atoms with Gasteiger partial charge < -0.3 is 15.0 Å². The molecule has 0 aliphatic carbocycles. The number of nitrogens with two attached hydrogens (primary N) is 1. The van der Waals surface area contributed by atoms with E-state index in [9.17, 15) is 0 Å². The fourth-order valence-electron chi connectivity index (χ4n) is 2.32. The van der Waals surface area contributed by atoms with Crippen molar-refractivity contribution in [2.45, 2.75) is 13.1 Å². The third-order valence-corrected chi connectivity index (χ3v) is 3.88. The summed E-state index contributed by atoms with van der Waals surface area (Å²) >= 11 is 3.41. The maximum Gasteiger partial charge on any atom is 0.140 e. The van der Waals surface area contributed by atoms with Gasteiger partial charge in [0.05, 0.1) is 6.54 Å². The second kappa shape index (κ2) is 6.28. The molecule has 1 aromatic carbocycles. The van der Waals surface area contributed by atoms with Crippen molar-refractivity contribution in [2.75, 3.05) is 6.61 Å². The van der Waals surface area contributed by atoms with Gasteiger partial charge in [-0.2, -0.15) is 0 Å². The van der Waals surface area contributed by atoms with Crippen molar-refractivity contribution in [3.63, 3.8) is 0 Å². The van der Waals surface area contributed by atoms with Crippen LogP contribution in [0, 0.1) is 0 Å². The summed E-state index contributed by atoms with van der Waals surface area (Å²) in [5.74, 6) is 0.863. The average molecular weight is 346 g/mol. The highest BCUT2D eigenvalue weighted by Gasteiger charge is 2.07. The summed E-state index contributed by atoms with van der Waals surface area (Å²) < 4.78 is 8.89. The van der Waals surface area contributed by atoms with E-state index in [0.29, 0.717) is 13.2 Å². The standard InChI is InChI=1S/C16H16BrN3O/c17-13-3-5-14(6-4-13)21-9-8-20-11-12(10-18)15-2-1-7-19-16(15)20/h1-7,11H,8-10,18H2. The van der Waals surface area contributed by atoms with E-state index >= 15 is 0 Å². The zero-order valence-corrected chi connectivity index (χ0v) is 13.1. The van der Waals surface area contributed by atoms with Gasteiger partial charge in [0, 0.05) is 28.8 Å². The molecule has 108 valence electrons. The lowest BCUT2D eigenvalue weighted by Gasteiger charge is -2.07. The molecule has 0 saturated carbocycles. The summed E-state index contributed by atoms with van der Waals surface area (Å²) in [6, 6.07) is 11.8. The Bertz CT molecular complexity index is 737. The molecule has 2 aromatic heterocycles. The number of rotatable bonds is 5. The first-order valence-electron chi connectivity index (χ1n) is 6.79. The van der Waals surface area contributed by atoms with Gasteiger partial charge in [0.2, 0.25) is 0 Å². The minimum atomic E-state index is 0.517. The Hall–Kier alpha value is -1.85. The second-order valence-electron chi connectivity index (χ2n) is 4.73. The topological polar surface area (TPSA) is 53.1 Å². The number of hydrogen-bond donors (Lipinski definition) is 1. The van der Waals surface area contributed by atoms with Crippen molar-refractivity contribution in [3.8, 4) is 5.75 Å². The minimum absolute atomic E-state index is 0.517. The van der Waals surface area contributed by atoms with Crippen LogP contribution in [0.15, 0.2) is 53.3 Å². The molecule has 0 radical (unpaired) electrons. The molecule has 0 aliphatic rings. The number of hydrogen-bond acceptors (Lipinski definition) is 3. The average Bonchev–Trinajstić information content (AvgIpc) is 2.88. The van der Waals surface area contributed by atoms with Crippen molar-refractivity contribution < 1.29 is 4.74 Å². The van der Waals surface area contributed by atoms with Crippen LogP contribution in [0.4, 0.5) is 0 Å². The van der Waals surface area contributed by atoms with Gasteiger partial charge in [-0.15, -0.1) is 0 Å². The Morgan fingerprint density at radius 1 is 1.19 bits per heavy atom. The lowest BCUT2D eigenvalue weighted by Crippen LogP contribution is -2.07. The fourth-order valence-corrected chi connectivity index (χ4v) is 2.59. The summed E-state index contributed by atoms with van der Waals surface area (Å²) in [7, 11) is 0. The molecular weight excluding hydrogens is 330 g/mol. The molecule has 5 heteroatoms. The monoisotopic (exact) mass is 345 g/mol. The van der Waals surface area contributed by atoms with Crippen molar-refractivity contribution in [1.29, 1.82) is 0 Å². The molecule has 2 N–H and O–H groups in total. The molecule has 3 rings (SSSR count). The van der Waals surface area contributed by atoms with E-state index in [1.807, 2.05) is 30.3 Å². The molecule has 3 aromatic rings. The van der Waals surface area contributed by atoms with Crippen LogP contribution in [0.5, 0.6) is 5.75 Å². The van der Waals surface area contributed by atoms with E-state index in [1.54, 1.807) is 6.20 Å². The molecule has 0 fully saturated rings. The molecule has 0 atom stereocenters. The van der Waals surface area contributed by atoms with Crippen molar-refractivity contribution >= 4 is 27.0 Å². The van der Waals surface area contributed by atoms with Crippen LogP contribution >= 0.6 is 15.9 Å². The predicted octanol–water partition coefficient (Wildman–Crippen LogP) is 3.34. The predicted molar refractivity (Wildman–Crippen MR) is 87.3 cm³/mol. The highest BCUT2D eigenvalue weighted by Crippen LogP contribution is 2.19. The van der Waals surface area contributed by atoms with Crippen LogP contribution < -0.4 is 10.5 Å². The molecule has 0 unspecified atom stereocenters. The quantitative estimate of drug-likeness (QED) is 0.771. The number of aromatic nitrogens is 2. The number of pyridine rings is 1. The summed E-state index contributed by atoms with van der Waals surface area (Å²) in [5.41, 5.74) is 7.85. The van der Waals surface area contributed by atoms with Crippen LogP contribution in [0.3, 0.4) is 0 Å². The SMILES string of the molecule is NCc1cn(CCOc2ccc(Br)cc2)c2ncccc12. The smallest absolute Gasteiger partial charge is 0.140 e. The molecule has 0 amide bonds. The van der Waals surface area contributed by atoms with E-state index in [0.717, 1.165) is 33.4 Å². The Labute approximate surface area is 131 Å². The van der Waals surface area contributed by atoms with E-state index in [1.165, 1.54) is 0 Å². The van der Waals surface area contributed by atoms with Crippen LogP contribution in [-0.4, -0.2) is 16.2 Å². The van der Waals surface area contributed by atoms with Crippen molar-refractivity contribution in [3.05, 3.63) is 58.8 Å². The van der Waals surface area contributed by atoms with Gasteiger partial charge in [-0.25, -0.2) is 4.98 Å². The Morgan fingerprint density at radius 3 is 2.76 bits per heavy atom. The Balaban J connectivity index is 1.72. The molecule has 4 nitrogen and oxygen atoms in total.